The van der Waals surface area contributed by atoms with Gasteiger partial charge in [-0.2, -0.15) is 0 Å². The molecule has 0 radical (unpaired) electrons. The lowest BCUT2D eigenvalue weighted by molar-refractivity contribution is 0.101. The molecule has 1 aromatic carbocycles. The largest absolute Gasteiger partial charge is 0.507 e. The highest BCUT2D eigenvalue weighted by atomic mass is 16.5. The molecule has 0 unspecified atom stereocenters. The number of ketones is 1. The number of Topliss-reactive ketones (excluding diaryl/α,β-unsaturated/α-hetero) is 1. The SMILES string of the molecule is Cc1cc(O)c2c(c1)OC(=Cc1ccncc1)C2=O. The zero-order valence-electron chi connectivity index (χ0n) is 10.3. The van der Waals surface area contributed by atoms with Crippen LogP contribution in [0.4, 0.5) is 0 Å². The third-order valence-electron chi connectivity index (χ3n) is 2.90. The molecule has 1 N–H and O–H groups in total. The van der Waals surface area contributed by atoms with Crippen LogP contribution in [0, 0.1) is 6.92 Å². The lowest BCUT2D eigenvalue weighted by Gasteiger charge is -2.00. The van der Waals surface area contributed by atoms with Crippen molar-refractivity contribution in [3.63, 3.8) is 0 Å². The summed E-state index contributed by atoms with van der Waals surface area (Å²) in [6.07, 6.45) is 4.92. The Morgan fingerprint density at radius 2 is 2.00 bits per heavy atom. The maximum Gasteiger partial charge on any atom is 0.235 e. The highest BCUT2D eigenvalue weighted by Gasteiger charge is 2.30. The first kappa shape index (κ1) is 11.5. The van der Waals surface area contributed by atoms with Crippen molar-refractivity contribution in [3.8, 4) is 11.5 Å². The molecule has 94 valence electrons. The Labute approximate surface area is 110 Å². The number of hydrogen-bond donors (Lipinski definition) is 1. The van der Waals surface area contributed by atoms with Crippen LogP contribution in [-0.4, -0.2) is 15.9 Å². The number of aromatic hydroxyl groups is 1. The van der Waals surface area contributed by atoms with E-state index in [9.17, 15) is 9.90 Å². The van der Waals surface area contributed by atoms with Gasteiger partial charge in [-0.15, -0.1) is 0 Å². The molecule has 0 saturated carbocycles. The molecule has 1 aromatic heterocycles. The molecule has 3 rings (SSSR count). The van der Waals surface area contributed by atoms with Gasteiger partial charge < -0.3 is 9.84 Å². The van der Waals surface area contributed by atoms with Gasteiger partial charge in [0.05, 0.1) is 0 Å². The normalized spacial score (nSPS) is 15.4. The highest BCUT2D eigenvalue weighted by molar-refractivity contribution is 6.16. The van der Waals surface area contributed by atoms with Crippen LogP contribution in [-0.2, 0) is 0 Å². The van der Waals surface area contributed by atoms with Gasteiger partial charge in [0.2, 0.25) is 5.78 Å². The number of phenols is 1. The van der Waals surface area contributed by atoms with Crippen molar-refractivity contribution in [2.24, 2.45) is 0 Å². The van der Waals surface area contributed by atoms with E-state index in [-0.39, 0.29) is 22.9 Å². The summed E-state index contributed by atoms with van der Waals surface area (Å²) in [5, 5.41) is 9.83. The molecule has 4 nitrogen and oxygen atoms in total. The number of hydrogen-bond acceptors (Lipinski definition) is 4. The third kappa shape index (κ3) is 1.97. The van der Waals surface area contributed by atoms with E-state index in [1.54, 1.807) is 42.7 Å². The fourth-order valence-electron chi connectivity index (χ4n) is 2.04. The minimum absolute atomic E-state index is 0.0434. The zero-order valence-corrected chi connectivity index (χ0v) is 10.3. The molecule has 1 aliphatic rings. The number of aryl methyl sites for hydroxylation is 1. The Bertz CT molecular complexity index is 690. The molecule has 0 bridgehead atoms. The van der Waals surface area contributed by atoms with Crippen molar-refractivity contribution in [1.82, 2.24) is 4.98 Å². The molecular formula is C15H11NO3. The smallest absolute Gasteiger partial charge is 0.235 e. The van der Waals surface area contributed by atoms with Crippen molar-refractivity contribution in [2.75, 3.05) is 0 Å². The number of aromatic nitrogens is 1. The first-order valence-corrected chi connectivity index (χ1v) is 5.83. The number of pyridine rings is 1. The Morgan fingerprint density at radius 3 is 2.74 bits per heavy atom. The molecule has 4 heteroatoms. The number of phenolic OH excluding ortho intramolecular Hbond substituents is 1. The van der Waals surface area contributed by atoms with E-state index in [0.717, 1.165) is 11.1 Å². The average Bonchev–Trinajstić information content (AvgIpc) is 2.67. The minimum Gasteiger partial charge on any atom is -0.507 e. The summed E-state index contributed by atoms with van der Waals surface area (Å²) in [5.74, 6) is 0.271. The van der Waals surface area contributed by atoms with Gasteiger partial charge in [-0.25, -0.2) is 0 Å². The summed E-state index contributed by atoms with van der Waals surface area (Å²) in [5.41, 5.74) is 1.89. The van der Waals surface area contributed by atoms with Crippen LogP contribution in [0.15, 0.2) is 42.4 Å². The van der Waals surface area contributed by atoms with Gasteiger partial charge in [0.15, 0.2) is 5.76 Å². The van der Waals surface area contributed by atoms with E-state index in [1.807, 2.05) is 6.92 Å². The molecule has 2 aromatic rings. The number of allylic oxidation sites excluding steroid dienone is 1. The summed E-state index contributed by atoms with van der Waals surface area (Å²) < 4.78 is 5.52. The third-order valence-corrected chi connectivity index (χ3v) is 2.90. The van der Waals surface area contributed by atoms with Crippen LogP contribution in [0.25, 0.3) is 6.08 Å². The van der Waals surface area contributed by atoms with Crippen LogP contribution in [0.5, 0.6) is 11.5 Å². The molecule has 0 saturated heterocycles. The van der Waals surface area contributed by atoms with Crippen LogP contribution < -0.4 is 4.74 Å². The summed E-state index contributed by atoms with van der Waals surface area (Å²) in [7, 11) is 0. The van der Waals surface area contributed by atoms with Gasteiger partial charge in [0, 0.05) is 12.4 Å². The summed E-state index contributed by atoms with van der Waals surface area (Å²) in [6, 6.07) is 6.84. The van der Waals surface area contributed by atoms with Crippen molar-refractivity contribution in [1.29, 1.82) is 0 Å². The minimum atomic E-state index is -0.302. The zero-order chi connectivity index (χ0) is 13.4. The second-order valence-corrected chi connectivity index (χ2v) is 4.38. The molecule has 19 heavy (non-hydrogen) atoms. The Morgan fingerprint density at radius 1 is 1.26 bits per heavy atom. The van der Waals surface area contributed by atoms with Crippen molar-refractivity contribution in [2.45, 2.75) is 6.92 Å². The number of benzene rings is 1. The number of rotatable bonds is 1. The topological polar surface area (TPSA) is 59.4 Å². The van der Waals surface area contributed by atoms with Crippen LogP contribution in [0.1, 0.15) is 21.5 Å². The van der Waals surface area contributed by atoms with Crippen molar-refractivity contribution < 1.29 is 14.6 Å². The van der Waals surface area contributed by atoms with E-state index >= 15 is 0 Å². The van der Waals surface area contributed by atoms with Gasteiger partial charge in [-0.05, 0) is 48.4 Å². The number of nitrogens with zero attached hydrogens (tertiary/aromatic N) is 1. The van der Waals surface area contributed by atoms with Gasteiger partial charge in [0.25, 0.3) is 0 Å². The lowest BCUT2D eigenvalue weighted by Crippen LogP contribution is -1.98. The fraction of sp³-hybridized carbons (Fsp3) is 0.0667. The summed E-state index contributed by atoms with van der Waals surface area (Å²) in [6.45, 7) is 1.83. The number of carbonyl (C=O) groups excluding carboxylic acids is 1. The van der Waals surface area contributed by atoms with E-state index in [2.05, 4.69) is 4.98 Å². The standard InChI is InChI=1S/C15H11NO3/c1-9-6-11(17)14-12(7-9)19-13(15(14)18)8-10-2-4-16-5-3-10/h2-8,17H,1H3. The molecule has 1 aliphatic heterocycles. The van der Waals surface area contributed by atoms with Crippen molar-refractivity contribution in [3.05, 3.63) is 59.1 Å². The van der Waals surface area contributed by atoms with E-state index in [4.69, 9.17) is 4.74 Å². The quantitative estimate of drug-likeness (QED) is 0.794. The van der Waals surface area contributed by atoms with Gasteiger partial charge in [0.1, 0.15) is 17.1 Å². The van der Waals surface area contributed by atoms with Crippen LogP contribution in [0.3, 0.4) is 0 Å². The molecule has 0 fully saturated rings. The van der Waals surface area contributed by atoms with Gasteiger partial charge >= 0.3 is 0 Å². The Balaban J connectivity index is 2.05. The second kappa shape index (κ2) is 4.24. The number of ether oxygens (including phenoxy) is 1. The van der Waals surface area contributed by atoms with Crippen molar-refractivity contribution >= 4 is 11.9 Å². The summed E-state index contributed by atoms with van der Waals surface area (Å²) in [4.78, 5) is 16.1. The van der Waals surface area contributed by atoms with Gasteiger partial charge in [-0.1, -0.05) is 0 Å². The van der Waals surface area contributed by atoms with Crippen LogP contribution in [0.2, 0.25) is 0 Å². The Hall–Kier alpha value is -2.62. The molecule has 0 amide bonds. The maximum atomic E-state index is 12.2. The van der Waals surface area contributed by atoms with E-state index < -0.39 is 0 Å². The van der Waals surface area contributed by atoms with Gasteiger partial charge in [-0.3, -0.25) is 9.78 Å². The summed E-state index contributed by atoms with van der Waals surface area (Å²) >= 11 is 0. The highest BCUT2D eigenvalue weighted by Crippen LogP contribution is 2.38. The first-order valence-electron chi connectivity index (χ1n) is 5.83. The predicted molar refractivity (Wildman–Crippen MR) is 70.0 cm³/mol. The lowest BCUT2D eigenvalue weighted by atomic mass is 10.1. The Kier molecular flexibility index (Phi) is 2.56. The number of fused-ring (bicyclic) bond motifs is 1. The average molecular weight is 253 g/mol. The molecule has 2 heterocycles. The maximum absolute atomic E-state index is 12.2. The monoisotopic (exact) mass is 253 g/mol. The fourth-order valence-corrected chi connectivity index (χ4v) is 2.04. The first-order chi connectivity index (χ1) is 9.15. The van der Waals surface area contributed by atoms with E-state index in [1.165, 1.54) is 0 Å². The second-order valence-electron chi connectivity index (χ2n) is 4.38. The predicted octanol–water partition coefficient (Wildman–Crippen LogP) is 2.71. The van der Waals surface area contributed by atoms with E-state index in [0.29, 0.717) is 5.75 Å². The van der Waals surface area contributed by atoms with Crippen LogP contribution >= 0.6 is 0 Å². The number of carbonyl (C=O) groups is 1. The molecule has 0 spiro atoms. The molecule has 0 aliphatic carbocycles. The molecular weight excluding hydrogens is 242 g/mol. The molecule has 0 atom stereocenters.